The maximum Gasteiger partial charge on any atom is 0.287 e. The molecule has 180 valence electrons. The monoisotopic (exact) mass is 513 g/mol. The number of nitriles is 2. The average molecular weight is 514 g/mol. The molecule has 0 saturated carbocycles. The Morgan fingerprint density at radius 3 is 1.97 bits per heavy atom. The summed E-state index contributed by atoms with van der Waals surface area (Å²) >= 11 is 0. The first-order valence-electron chi connectivity index (χ1n) is 9.93. The third-order valence-corrected chi connectivity index (χ3v) is 7.42. The van der Waals surface area contributed by atoms with Crippen LogP contribution in [0.3, 0.4) is 0 Å². The Kier molecular flexibility index (Phi) is 6.98. The lowest BCUT2D eigenvalue weighted by Crippen LogP contribution is -2.32. The molecule has 3 N–H and O–H groups in total. The van der Waals surface area contributed by atoms with Crippen LogP contribution >= 0.6 is 0 Å². The Morgan fingerprint density at radius 2 is 1.49 bits per heavy atom. The first kappa shape index (κ1) is 25.5. The number of nitrogens with two attached hydrogens (primary N) is 1. The minimum Gasteiger partial charge on any atom is -0.477 e. The van der Waals surface area contributed by atoms with Crippen molar-refractivity contribution in [1.82, 2.24) is 3.97 Å². The van der Waals surface area contributed by atoms with Crippen molar-refractivity contribution in [2.45, 2.75) is 23.6 Å². The first-order chi connectivity index (χ1) is 16.4. The van der Waals surface area contributed by atoms with E-state index in [9.17, 15) is 32.2 Å². The third kappa shape index (κ3) is 4.88. The Labute approximate surface area is 201 Å². The highest BCUT2D eigenvalue weighted by Crippen LogP contribution is 2.32. The van der Waals surface area contributed by atoms with E-state index in [0.29, 0.717) is 3.97 Å². The van der Waals surface area contributed by atoms with E-state index in [4.69, 9.17) is 9.88 Å². The zero-order valence-electron chi connectivity index (χ0n) is 18.5. The van der Waals surface area contributed by atoms with Gasteiger partial charge in [-0.15, -0.1) is 0 Å². The van der Waals surface area contributed by atoms with Crippen LogP contribution in [0.4, 0.5) is 11.4 Å². The van der Waals surface area contributed by atoms with Crippen molar-refractivity contribution >= 4 is 31.4 Å². The van der Waals surface area contributed by atoms with Crippen molar-refractivity contribution in [3.63, 3.8) is 0 Å². The van der Waals surface area contributed by atoms with Gasteiger partial charge in [0, 0.05) is 5.69 Å². The Balaban J connectivity index is 2.30. The van der Waals surface area contributed by atoms with Gasteiger partial charge in [-0.1, -0.05) is 17.7 Å². The average Bonchev–Trinajstić information content (AvgIpc) is 2.79. The number of anilines is 2. The van der Waals surface area contributed by atoms with Crippen LogP contribution in [0.25, 0.3) is 0 Å². The quantitative estimate of drug-likeness (QED) is 0.476. The van der Waals surface area contributed by atoms with Gasteiger partial charge in [0.2, 0.25) is 15.9 Å². The number of aryl methyl sites for hydroxylation is 1. The maximum absolute atomic E-state index is 13.4. The zero-order valence-corrected chi connectivity index (χ0v) is 20.1. The molecule has 0 spiro atoms. The topological polar surface area (TPSA) is 185 Å². The van der Waals surface area contributed by atoms with Gasteiger partial charge in [0.1, 0.15) is 23.3 Å². The van der Waals surface area contributed by atoms with Crippen LogP contribution in [-0.4, -0.2) is 27.4 Å². The summed E-state index contributed by atoms with van der Waals surface area (Å²) in [6.07, 6.45) is 0. The van der Waals surface area contributed by atoms with E-state index in [1.807, 2.05) is 0 Å². The zero-order chi connectivity index (χ0) is 26.0. The number of nitrogens with one attached hydrogen (secondary N) is 1. The van der Waals surface area contributed by atoms with E-state index in [1.165, 1.54) is 55.5 Å². The molecule has 13 heteroatoms. The number of primary sulfonamides is 1. The number of aromatic nitrogens is 1. The van der Waals surface area contributed by atoms with Crippen LogP contribution in [0.2, 0.25) is 0 Å². The Bertz CT molecular complexity index is 1650. The molecule has 2 aromatic carbocycles. The summed E-state index contributed by atoms with van der Waals surface area (Å²) < 4.78 is 55.4. The number of nitrogens with zero attached hydrogens (tertiary/aromatic N) is 3. The van der Waals surface area contributed by atoms with Crippen molar-refractivity contribution in [3.8, 4) is 18.0 Å². The Morgan fingerprint density at radius 1 is 0.943 bits per heavy atom. The van der Waals surface area contributed by atoms with Crippen LogP contribution in [0.15, 0.2) is 63.1 Å². The molecule has 35 heavy (non-hydrogen) atoms. The van der Waals surface area contributed by atoms with Gasteiger partial charge in [-0.05, 0) is 50.2 Å². The molecule has 0 radical (unpaired) electrons. The number of hydrogen-bond acceptors (Lipinski definition) is 9. The van der Waals surface area contributed by atoms with Crippen molar-refractivity contribution < 1.29 is 21.6 Å². The normalized spacial score (nSPS) is 11.3. The number of pyridine rings is 1. The third-order valence-electron chi connectivity index (χ3n) is 4.81. The van der Waals surface area contributed by atoms with Crippen LogP contribution in [0.5, 0.6) is 5.88 Å². The minimum absolute atomic E-state index is 0.0913. The summed E-state index contributed by atoms with van der Waals surface area (Å²) in [6.45, 7) is 3.20. The molecule has 0 aliphatic carbocycles. The highest BCUT2D eigenvalue weighted by molar-refractivity contribution is 7.90. The predicted molar refractivity (Wildman–Crippen MR) is 126 cm³/mol. The molecule has 0 unspecified atom stereocenters. The van der Waals surface area contributed by atoms with E-state index < -0.39 is 42.6 Å². The second-order valence-corrected chi connectivity index (χ2v) is 10.5. The van der Waals surface area contributed by atoms with Crippen molar-refractivity contribution in [3.05, 3.63) is 75.6 Å². The van der Waals surface area contributed by atoms with Crippen LogP contribution in [-0.2, 0) is 20.0 Å². The summed E-state index contributed by atoms with van der Waals surface area (Å²) in [5, 5.41) is 27.4. The fourth-order valence-electron chi connectivity index (χ4n) is 3.14. The summed E-state index contributed by atoms with van der Waals surface area (Å²) in [5.74, 6) is -0.566. The molecule has 3 rings (SSSR count). The number of ether oxygens (including phenoxy) is 1. The molecule has 3 aromatic rings. The van der Waals surface area contributed by atoms with E-state index >= 15 is 0 Å². The van der Waals surface area contributed by atoms with Crippen molar-refractivity contribution in [2.75, 3.05) is 11.9 Å². The Hall–Kier alpha value is -4.17. The fourth-order valence-corrected chi connectivity index (χ4v) is 5.02. The van der Waals surface area contributed by atoms with Crippen LogP contribution in [0, 0.1) is 29.6 Å². The lowest BCUT2D eigenvalue weighted by atomic mass is 10.1. The second-order valence-electron chi connectivity index (χ2n) is 7.17. The predicted octanol–water partition coefficient (Wildman–Crippen LogP) is 1.93. The van der Waals surface area contributed by atoms with Gasteiger partial charge in [0.15, 0.2) is 0 Å². The van der Waals surface area contributed by atoms with E-state index in [-0.39, 0.29) is 27.8 Å². The number of benzene rings is 2. The van der Waals surface area contributed by atoms with E-state index in [0.717, 1.165) is 5.56 Å². The van der Waals surface area contributed by atoms with Gasteiger partial charge >= 0.3 is 0 Å². The number of rotatable bonds is 7. The largest absolute Gasteiger partial charge is 0.477 e. The standard InChI is InChI=1S/C22H19N5O6S2/c1-3-33-22-19(13-24)20(26-15-6-10-16(11-7-15)34(25,29)30)18(12-23)21(28)27(22)35(31,32)17-8-4-14(2)5-9-17/h4-11,26H,3H2,1-2H3,(H2,25,29,30). The summed E-state index contributed by atoms with van der Waals surface area (Å²) in [6, 6.07) is 14.1. The summed E-state index contributed by atoms with van der Waals surface area (Å²) in [4.78, 5) is 12.9. The molecule has 0 bridgehead atoms. The molecule has 1 aromatic heterocycles. The summed E-state index contributed by atoms with van der Waals surface area (Å²) in [5.41, 5.74) is -1.59. The SMILES string of the molecule is CCOc1c(C#N)c(Nc2ccc(S(N)(=O)=O)cc2)c(C#N)c(=O)n1S(=O)(=O)c1ccc(C)cc1. The van der Waals surface area contributed by atoms with Gasteiger partial charge in [-0.3, -0.25) is 4.79 Å². The molecular formula is C22H19N5O6S2. The minimum atomic E-state index is -4.55. The number of hydrogen-bond donors (Lipinski definition) is 2. The van der Waals surface area contributed by atoms with Gasteiger partial charge in [-0.2, -0.15) is 14.5 Å². The molecule has 0 saturated heterocycles. The molecule has 0 fully saturated rings. The fraction of sp³-hybridized carbons (Fsp3) is 0.136. The first-order valence-corrected chi connectivity index (χ1v) is 12.9. The van der Waals surface area contributed by atoms with Gasteiger partial charge in [0.25, 0.3) is 15.6 Å². The van der Waals surface area contributed by atoms with Gasteiger partial charge in [-0.25, -0.2) is 22.0 Å². The molecule has 0 aliphatic heterocycles. The summed E-state index contributed by atoms with van der Waals surface area (Å²) in [7, 11) is -8.51. The van der Waals surface area contributed by atoms with Gasteiger partial charge < -0.3 is 10.1 Å². The van der Waals surface area contributed by atoms with Crippen LogP contribution in [0.1, 0.15) is 23.6 Å². The van der Waals surface area contributed by atoms with Crippen LogP contribution < -0.4 is 20.8 Å². The lowest BCUT2D eigenvalue weighted by Gasteiger charge is -2.19. The molecular weight excluding hydrogens is 494 g/mol. The molecule has 0 aliphatic rings. The molecule has 0 amide bonds. The van der Waals surface area contributed by atoms with Gasteiger partial charge in [0.05, 0.1) is 22.1 Å². The van der Waals surface area contributed by atoms with Crippen molar-refractivity contribution in [2.24, 2.45) is 5.14 Å². The lowest BCUT2D eigenvalue weighted by molar-refractivity contribution is 0.319. The second kappa shape index (κ2) is 9.60. The maximum atomic E-state index is 13.4. The van der Waals surface area contributed by atoms with Crippen molar-refractivity contribution in [1.29, 1.82) is 10.5 Å². The number of sulfonamides is 1. The highest BCUT2D eigenvalue weighted by Gasteiger charge is 2.31. The molecule has 11 nitrogen and oxygen atoms in total. The smallest absolute Gasteiger partial charge is 0.287 e. The molecule has 0 atom stereocenters. The van der Waals surface area contributed by atoms with E-state index in [2.05, 4.69) is 5.32 Å². The highest BCUT2D eigenvalue weighted by atomic mass is 32.2. The molecule has 1 heterocycles. The van der Waals surface area contributed by atoms with E-state index in [1.54, 1.807) is 19.1 Å².